The SMILES string of the molecule is C=C(C)[C@@H]1N(Cc2ccc3c(c2)OCO3)C(=O)[C@@H]2[C@H](C(=O)O)[C@H]3C=C[C@@]21O3. The summed E-state index contributed by atoms with van der Waals surface area (Å²) < 4.78 is 16.8. The van der Waals surface area contributed by atoms with E-state index >= 15 is 0 Å². The Kier molecular flexibility index (Phi) is 3.25. The topological polar surface area (TPSA) is 85.3 Å². The van der Waals surface area contributed by atoms with Crippen molar-refractivity contribution in [2.45, 2.75) is 31.2 Å². The van der Waals surface area contributed by atoms with E-state index in [2.05, 4.69) is 6.58 Å². The molecule has 1 N–H and O–H groups in total. The van der Waals surface area contributed by atoms with Gasteiger partial charge in [0.25, 0.3) is 0 Å². The van der Waals surface area contributed by atoms with Crippen molar-refractivity contribution in [1.82, 2.24) is 4.90 Å². The van der Waals surface area contributed by atoms with Gasteiger partial charge in [-0.15, -0.1) is 0 Å². The standard InChI is InChI=1S/C20H19NO6/c1-10(2)17-20-6-5-13(27-20)15(19(23)24)16(20)18(22)21(17)8-11-3-4-12-14(7-11)26-9-25-12/h3-7,13,15-17H,1,8-9H2,2H3,(H,23,24)/t13-,15-,16+,17+,20-/m1/s1. The number of likely N-dealkylation sites (tertiary alicyclic amines) is 1. The molecule has 5 atom stereocenters. The highest BCUT2D eigenvalue weighted by Gasteiger charge is 2.71. The molecule has 1 amide bonds. The monoisotopic (exact) mass is 369 g/mol. The number of aliphatic carboxylic acids is 1. The Morgan fingerprint density at radius 3 is 2.89 bits per heavy atom. The summed E-state index contributed by atoms with van der Waals surface area (Å²) in [4.78, 5) is 26.8. The van der Waals surface area contributed by atoms with E-state index in [1.165, 1.54) is 0 Å². The highest BCUT2D eigenvalue weighted by molar-refractivity contribution is 5.92. The molecule has 2 fully saturated rings. The fourth-order valence-electron chi connectivity index (χ4n) is 4.96. The molecule has 1 spiro atoms. The molecule has 0 unspecified atom stereocenters. The van der Waals surface area contributed by atoms with Gasteiger partial charge in [0.05, 0.1) is 18.1 Å². The van der Waals surface area contributed by atoms with Crippen molar-refractivity contribution in [2.24, 2.45) is 11.8 Å². The summed E-state index contributed by atoms with van der Waals surface area (Å²) in [5.41, 5.74) is 0.691. The molecule has 7 heteroatoms. The molecule has 7 nitrogen and oxygen atoms in total. The van der Waals surface area contributed by atoms with Gasteiger partial charge < -0.3 is 24.2 Å². The van der Waals surface area contributed by atoms with E-state index in [9.17, 15) is 14.7 Å². The minimum atomic E-state index is -1.00. The first-order valence-corrected chi connectivity index (χ1v) is 8.87. The third kappa shape index (κ3) is 2.06. The molecule has 140 valence electrons. The number of amides is 1. The van der Waals surface area contributed by atoms with Crippen molar-refractivity contribution in [2.75, 3.05) is 6.79 Å². The van der Waals surface area contributed by atoms with Crippen LogP contribution >= 0.6 is 0 Å². The van der Waals surface area contributed by atoms with E-state index in [-0.39, 0.29) is 12.7 Å². The van der Waals surface area contributed by atoms with Crippen LogP contribution in [0.4, 0.5) is 0 Å². The van der Waals surface area contributed by atoms with Crippen molar-refractivity contribution in [1.29, 1.82) is 0 Å². The first-order valence-electron chi connectivity index (χ1n) is 8.87. The lowest BCUT2D eigenvalue weighted by Crippen LogP contribution is -2.45. The van der Waals surface area contributed by atoms with Crippen LogP contribution in [0, 0.1) is 11.8 Å². The third-order valence-electron chi connectivity index (χ3n) is 5.92. The Morgan fingerprint density at radius 1 is 1.37 bits per heavy atom. The number of carbonyl (C=O) groups is 2. The second-order valence-corrected chi connectivity index (χ2v) is 7.54. The zero-order valence-electron chi connectivity index (χ0n) is 14.8. The maximum atomic E-state index is 13.3. The molecule has 0 aromatic heterocycles. The van der Waals surface area contributed by atoms with Crippen molar-refractivity contribution in [3.05, 3.63) is 48.1 Å². The zero-order chi connectivity index (χ0) is 18.9. The van der Waals surface area contributed by atoms with Crippen molar-refractivity contribution in [3.63, 3.8) is 0 Å². The Labute approximate surface area is 155 Å². The van der Waals surface area contributed by atoms with E-state index in [1.54, 1.807) is 11.0 Å². The number of benzene rings is 1. The molecule has 5 rings (SSSR count). The summed E-state index contributed by atoms with van der Waals surface area (Å²) in [6, 6.07) is 5.13. The summed E-state index contributed by atoms with van der Waals surface area (Å²) in [5, 5.41) is 9.67. The molecule has 0 aliphatic carbocycles. The summed E-state index contributed by atoms with van der Waals surface area (Å²) in [5.74, 6) is -1.50. The van der Waals surface area contributed by atoms with E-state index in [4.69, 9.17) is 14.2 Å². The minimum absolute atomic E-state index is 0.182. The van der Waals surface area contributed by atoms with Crippen LogP contribution in [0.25, 0.3) is 0 Å². The maximum absolute atomic E-state index is 13.3. The summed E-state index contributed by atoms with van der Waals surface area (Å²) in [6.45, 7) is 6.41. The molecular weight excluding hydrogens is 350 g/mol. The molecule has 0 radical (unpaired) electrons. The molecule has 1 aromatic rings. The number of carboxylic acid groups (broad SMARTS) is 1. The highest BCUT2D eigenvalue weighted by atomic mass is 16.7. The van der Waals surface area contributed by atoms with Crippen molar-refractivity contribution in [3.8, 4) is 11.5 Å². The average molecular weight is 369 g/mol. The predicted molar refractivity (Wildman–Crippen MR) is 93.1 cm³/mol. The molecule has 4 aliphatic rings. The van der Waals surface area contributed by atoms with Crippen LogP contribution in [0.1, 0.15) is 12.5 Å². The van der Waals surface area contributed by atoms with E-state index in [0.29, 0.717) is 18.0 Å². The number of carboxylic acids is 1. The third-order valence-corrected chi connectivity index (χ3v) is 5.92. The van der Waals surface area contributed by atoms with Crippen LogP contribution in [0.5, 0.6) is 11.5 Å². The zero-order valence-corrected chi connectivity index (χ0v) is 14.8. The molecule has 2 saturated heterocycles. The Bertz CT molecular complexity index is 908. The number of nitrogens with zero attached hydrogens (tertiary/aromatic N) is 1. The molecule has 1 aromatic carbocycles. The lowest BCUT2D eigenvalue weighted by molar-refractivity contribution is -0.148. The van der Waals surface area contributed by atoms with Gasteiger partial charge >= 0.3 is 5.97 Å². The second-order valence-electron chi connectivity index (χ2n) is 7.54. The molecule has 4 heterocycles. The van der Waals surface area contributed by atoms with Gasteiger partial charge in [-0.2, -0.15) is 0 Å². The Balaban J connectivity index is 1.53. The first-order chi connectivity index (χ1) is 12.9. The normalized spacial score (nSPS) is 35.0. The fraction of sp³-hybridized carbons (Fsp3) is 0.400. The van der Waals surface area contributed by atoms with Crippen molar-refractivity contribution >= 4 is 11.9 Å². The average Bonchev–Trinajstić information content (AvgIpc) is 3.35. The molecule has 27 heavy (non-hydrogen) atoms. The molecule has 2 bridgehead atoms. The van der Waals surface area contributed by atoms with Crippen molar-refractivity contribution < 1.29 is 28.9 Å². The predicted octanol–water partition coefficient (Wildman–Crippen LogP) is 1.73. The summed E-state index contributed by atoms with van der Waals surface area (Å²) >= 11 is 0. The van der Waals surface area contributed by atoms with Gasteiger partial charge in [-0.3, -0.25) is 9.59 Å². The maximum Gasteiger partial charge on any atom is 0.310 e. The lowest BCUT2D eigenvalue weighted by atomic mass is 9.74. The molecular formula is C20H19NO6. The van der Waals surface area contributed by atoms with Gasteiger partial charge in [0.2, 0.25) is 12.7 Å². The van der Waals surface area contributed by atoms with Crippen LogP contribution in [0.3, 0.4) is 0 Å². The van der Waals surface area contributed by atoms with Crippen LogP contribution in [0.15, 0.2) is 42.5 Å². The number of fused-ring (bicyclic) bond motifs is 2. The van der Waals surface area contributed by atoms with E-state index in [1.807, 2.05) is 31.2 Å². The van der Waals surface area contributed by atoms with E-state index < -0.39 is 35.6 Å². The largest absolute Gasteiger partial charge is 0.481 e. The number of hydrogen-bond donors (Lipinski definition) is 1. The summed E-state index contributed by atoms with van der Waals surface area (Å²) in [7, 11) is 0. The van der Waals surface area contributed by atoms with Crippen LogP contribution < -0.4 is 9.47 Å². The minimum Gasteiger partial charge on any atom is -0.481 e. The van der Waals surface area contributed by atoms with Gasteiger partial charge in [-0.25, -0.2) is 0 Å². The second kappa shape index (κ2) is 5.36. The molecule has 0 saturated carbocycles. The number of carbonyl (C=O) groups excluding carboxylic acids is 1. The van der Waals surface area contributed by atoms with Gasteiger partial charge in [-0.1, -0.05) is 30.4 Å². The van der Waals surface area contributed by atoms with Crippen LogP contribution in [-0.4, -0.2) is 46.4 Å². The Morgan fingerprint density at radius 2 is 2.15 bits per heavy atom. The lowest BCUT2D eigenvalue weighted by Gasteiger charge is -2.33. The van der Waals surface area contributed by atoms with Gasteiger partial charge in [0.15, 0.2) is 11.5 Å². The molecule has 4 aliphatic heterocycles. The van der Waals surface area contributed by atoms with Gasteiger partial charge in [0.1, 0.15) is 11.5 Å². The fourth-order valence-corrected chi connectivity index (χ4v) is 4.96. The van der Waals surface area contributed by atoms with Gasteiger partial charge in [-0.05, 0) is 24.6 Å². The number of ether oxygens (including phenoxy) is 3. The number of hydrogen-bond acceptors (Lipinski definition) is 5. The quantitative estimate of drug-likeness (QED) is 0.814. The van der Waals surface area contributed by atoms with Crippen LogP contribution in [0.2, 0.25) is 0 Å². The highest BCUT2D eigenvalue weighted by Crippen LogP contribution is 2.56. The van der Waals surface area contributed by atoms with Gasteiger partial charge in [0, 0.05) is 6.54 Å². The van der Waals surface area contributed by atoms with E-state index in [0.717, 1.165) is 11.1 Å². The summed E-state index contributed by atoms with van der Waals surface area (Å²) in [6.07, 6.45) is 3.06. The first kappa shape index (κ1) is 16.4. The van der Waals surface area contributed by atoms with Crippen LogP contribution in [-0.2, 0) is 20.9 Å². The Hall–Kier alpha value is -2.80. The number of rotatable bonds is 4. The smallest absolute Gasteiger partial charge is 0.310 e.